The number of ether oxygens (including phenoxy) is 1. The molecule has 1 N–H and O–H groups in total. The first-order chi connectivity index (χ1) is 11.5. The molecule has 0 aliphatic rings. The van der Waals surface area contributed by atoms with E-state index in [0.29, 0.717) is 30.0 Å². The summed E-state index contributed by atoms with van der Waals surface area (Å²) in [5.41, 5.74) is 2.18. The second-order valence-corrected chi connectivity index (χ2v) is 6.52. The minimum atomic E-state index is -0.408. The van der Waals surface area contributed by atoms with E-state index in [1.807, 2.05) is 20.8 Å². The Morgan fingerprint density at radius 1 is 1.33 bits per heavy atom. The maximum Gasteiger partial charge on any atom is 0.341 e. The molecule has 130 valence electrons. The third-order valence-corrected chi connectivity index (χ3v) is 4.86. The van der Waals surface area contributed by atoms with Gasteiger partial charge < -0.3 is 14.6 Å². The van der Waals surface area contributed by atoms with Crippen LogP contribution in [0.25, 0.3) is 0 Å². The summed E-state index contributed by atoms with van der Waals surface area (Å²) in [4.78, 5) is 25.3. The van der Waals surface area contributed by atoms with Crippen LogP contribution < -0.4 is 5.32 Å². The second kappa shape index (κ2) is 8.10. The number of thiophene rings is 1. The van der Waals surface area contributed by atoms with Gasteiger partial charge in [-0.2, -0.15) is 0 Å². The van der Waals surface area contributed by atoms with E-state index < -0.39 is 5.97 Å². The van der Waals surface area contributed by atoms with E-state index in [0.717, 1.165) is 28.3 Å². The van der Waals surface area contributed by atoms with Crippen LogP contribution in [0.1, 0.15) is 52.5 Å². The van der Waals surface area contributed by atoms with Crippen molar-refractivity contribution in [3.8, 4) is 0 Å². The second-order valence-electron chi connectivity index (χ2n) is 5.38. The van der Waals surface area contributed by atoms with E-state index in [-0.39, 0.29) is 5.91 Å². The Labute approximate surface area is 145 Å². The lowest BCUT2D eigenvalue weighted by atomic mass is 10.1. The van der Waals surface area contributed by atoms with Crippen LogP contribution in [0.4, 0.5) is 5.00 Å². The average molecular weight is 350 g/mol. The molecule has 24 heavy (non-hydrogen) atoms. The third-order valence-electron chi connectivity index (χ3n) is 3.66. The number of carbonyl (C=O) groups excluding carboxylic acids is 2. The fraction of sp³-hybridized carbons (Fsp3) is 0.471. The van der Waals surface area contributed by atoms with Gasteiger partial charge in [0.2, 0.25) is 5.91 Å². The molecule has 0 spiro atoms. The van der Waals surface area contributed by atoms with Crippen molar-refractivity contribution in [1.29, 1.82) is 0 Å². The fourth-order valence-electron chi connectivity index (χ4n) is 2.36. The van der Waals surface area contributed by atoms with Gasteiger partial charge >= 0.3 is 5.97 Å². The first kappa shape index (κ1) is 18.2. The molecule has 0 bridgehead atoms. The molecule has 2 aromatic heterocycles. The minimum Gasteiger partial charge on any atom is -0.462 e. The summed E-state index contributed by atoms with van der Waals surface area (Å²) >= 11 is 1.41. The number of nitrogens with zero attached hydrogens (tertiary/aromatic N) is 1. The van der Waals surface area contributed by atoms with Crippen molar-refractivity contribution in [3.05, 3.63) is 33.5 Å². The van der Waals surface area contributed by atoms with Crippen LogP contribution in [-0.4, -0.2) is 23.6 Å². The van der Waals surface area contributed by atoms with Gasteiger partial charge in [-0.3, -0.25) is 4.79 Å². The molecular weight excluding hydrogens is 328 g/mol. The lowest BCUT2D eigenvalue weighted by molar-refractivity contribution is -0.116. The van der Waals surface area contributed by atoms with Gasteiger partial charge in [-0.15, -0.1) is 11.3 Å². The van der Waals surface area contributed by atoms with Crippen molar-refractivity contribution < 1.29 is 18.8 Å². The highest BCUT2D eigenvalue weighted by Crippen LogP contribution is 2.29. The molecule has 0 unspecified atom stereocenters. The molecule has 0 radical (unpaired) electrons. The van der Waals surface area contributed by atoms with Gasteiger partial charge in [-0.05, 0) is 39.7 Å². The number of hydrogen-bond acceptors (Lipinski definition) is 6. The number of amides is 1. The Bertz CT molecular complexity index is 714. The van der Waals surface area contributed by atoms with Gasteiger partial charge in [0.05, 0.1) is 17.9 Å². The van der Waals surface area contributed by atoms with E-state index in [9.17, 15) is 9.59 Å². The molecule has 0 aromatic carbocycles. The SMILES string of the molecule is CCOC(=O)c1cc(CC)sc1NC(=O)CCc1c(C)noc1C. The predicted octanol–water partition coefficient (Wildman–Crippen LogP) is 3.66. The molecule has 0 saturated heterocycles. The number of esters is 1. The third kappa shape index (κ3) is 4.23. The molecule has 7 heteroatoms. The minimum absolute atomic E-state index is 0.148. The monoisotopic (exact) mass is 350 g/mol. The van der Waals surface area contributed by atoms with Crippen LogP contribution in [0.3, 0.4) is 0 Å². The van der Waals surface area contributed by atoms with Crippen LogP contribution in [0.15, 0.2) is 10.6 Å². The molecule has 0 aliphatic heterocycles. The van der Waals surface area contributed by atoms with Crippen LogP contribution in [-0.2, 0) is 22.4 Å². The molecule has 0 aliphatic carbocycles. The maximum absolute atomic E-state index is 12.3. The fourth-order valence-corrected chi connectivity index (χ4v) is 3.36. The molecule has 0 saturated carbocycles. The Hall–Kier alpha value is -2.15. The van der Waals surface area contributed by atoms with Crippen LogP contribution in [0, 0.1) is 13.8 Å². The average Bonchev–Trinajstić information content (AvgIpc) is 3.09. The summed E-state index contributed by atoms with van der Waals surface area (Å²) < 4.78 is 10.2. The zero-order valence-electron chi connectivity index (χ0n) is 14.4. The van der Waals surface area contributed by atoms with Crippen molar-refractivity contribution in [2.75, 3.05) is 11.9 Å². The molecule has 0 atom stereocenters. The normalized spacial score (nSPS) is 10.7. The zero-order chi connectivity index (χ0) is 17.7. The number of aryl methyl sites for hydroxylation is 3. The van der Waals surface area contributed by atoms with Crippen LogP contribution >= 0.6 is 11.3 Å². The van der Waals surface area contributed by atoms with Crippen LogP contribution in [0.2, 0.25) is 0 Å². The summed E-state index contributed by atoms with van der Waals surface area (Å²) in [5.74, 6) is 0.177. The molecular formula is C17H22N2O4S. The molecule has 6 nitrogen and oxygen atoms in total. The lowest BCUT2D eigenvalue weighted by Gasteiger charge is -2.06. The van der Waals surface area contributed by atoms with Gasteiger partial charge in [0.1, 0.15) is 10.8 Å². The summed E-state index contributed by atoms with van der Waals surface area (Å²) in [7, 11) is 0. The number of hydrogen-bond donors (Lipinski definition) is 1. The van der Waals surface area contributed by atoms with Crippen molar-refractivity contribution in [2.45, 2.75) is 47.0 Å². The van der Waals surface area contributed by atoms with Crippen LogP contribution in [0.5, 0.6) is 0 Å². The summed E-state index contributed by atoms with van der Waals surface area (Å²) in [6.45, 7) is 7.75. The summed E-state index contributed by atoms with van der Waals surface area (Å²) in [5, 5.41) is 7.27. The number of anilines is 1. The van der Waals surface area contributed by atoms with Gasteiger partial charge in [0.25, 0.3) is 0 Å². The summed E-state index contributed by atoms with van der Waals surface area (Å²) in [6, 6.07) is 1.78. The molecule has 2 heterocycles. The smallest absolute Gasteiger partial charge is 0.341 e. The van der Waals surface area contributed by atoms with Gasteiger partial charge in [0.15, 0.2) is 0 Å². The van der Waals surface area contributed by atoms with Gasteiger partial charge in [-0.1, -0.05) is 12.1 Å². The quantitative estimate of drug-likeness (QED) is 0.771. The first-order valence-corrected chi connectivity index (χ1v) is 8.79. The van der Waals surface area contributed by atoms with Crippen molar-refractivity contribution in [1.82, 2.24) is 5.16 Å². The van der Waals surface area contributed by atoms with Crippen molar-refractivity contribution >= 4 is 28.2 Å². The molecule has 2 rings (SSSR count). The Morgan fingerprint density at radius 3 is 2.67 bits per heavy atom. The highest BCUT2D eigenvalue weighted by molar-refractivity contribution is 7.16. The predicted molar refractivity (Wildman–Crippen MR) is 92.6 cm³/mol. The van der Waals surface area contributed by atoms with Crippen molar-refractivity contribution in [3.63, 3.8) is 0 Å². The van der Waals surface area contributed by atoms with E-state index >= 15 is 0 Å². The highest BCUT2D eigenvalue weighted by Gasteiger charge is 2.19. The summed E-state index contributed by atoms with van der Waals surface area (Å²) in [6.07, 6.45) is 1.64. The Kier molecular flexibility index (Phi) is 6.14. The maximum atomic E-state index is 12.3. The van der Waals surface area contributed by atoms with E-state index in [1.54, 1.807) is 13.0 Å². The topological polar surface area (TPSA) is 81.4 Å². The number of nitrogens with one attached hydrogen (secondary N) is 1. The Morgan fingerprint density at radius 2 is 2.08 bits per heavy atom. The van der Waals surface area contributed by atoms with Crippen molar-refractivity contribution in [2.24, 2.45) is 0 Å². The highest BCUT2D eigenvalue weighted by atomic mass is 32.1. The van der Waals surface area contributed by atoms with E-state index in [4.69, 9.17) is 9.26 Å². The Balaban J connectivity index is 2.05. The molecule has 1 amide bonds. The number of carbonyl (C=O) groups is 2. The largest absolute Gasteiger partial charge is 0.462 e. The van der Waals surface area contributed by atoms with Gasteiger partial charge in [-0.25, -0.2) is 4.79 Å². The number of aromatic nitrogens is 1. The van der Waals surface area contributed by atoms with Gasteiger partial charge in [0, 0.05) is 16.9 Å². The zero-order valence-corrected chi connectivity index (χ0v) is 15.2. The molecule has 2 aromatic rings. The van der Waals surface area contributed by atoms with E-state index in [2.05, 4.69) is 10.5 Å². The lowest BCUT2D eigenvalue weighted by Crippen LogP contribution is -2.14. The number of rotatable bonds is 7. The first-order valence-electron chi connectivity index (χ1n) is 7.97. The molecule has 0 fully saturated rings. The standard InChI is InChI=1S/C17H22N2O4S/c1-5-12-9-14(17(21)22-6-2)16(24-12)18-15(20)8-7-13-10(3)19-23-11(13)4/h9H,5-8H2,1-4H3,(H,18,20). The van der Waals surface area contributed by atoms with E-state index in [1.165, 1.54) is 11.3 Å².